The maximum atomic E-state index is 13.8. The van der Waals surface area contributed by atoms with Gasteiger partial charge in [-0.15, -0.1) is 0 Å². The zero-order valence-electron chi connectivity index (χ0n) is 24.4. The number of fused-ring (bicyclic) bond motifs is 1. The lowest BCUT2D eigenvalue weighted by molar-refractivity contribution is -0.126. The molecule has 0 spiro atoms. The number of hydrogen-bond donors (Lipinski definition) is 2. The molecule has 1 aromatic carbocycles. The number of furan rings is 1. The lowest BCUT2D eigenvalue weighted by atomic mass is 9.98. The quantitative estimate of drug-likeness (QED) is 0.424. The number of carbonyl (C=O) groups excluding carboxylic acids is 3. The van der Waals surface area contributed by atoms with Crippen LogP contribution in [0.25, 0.3) is 11.0 Å². The molecule has 2 N–H and O–H groups in total. The minimum atomic E-state index is -3.95. The molecule has 2 aliphatic rings. The Bertz CT molecular complexity index is 1600. The summed E-state index contributed by atoms with van der Waals surface area (Å²) in [4.78, 5) is 44.4. The highest BCUT2D eigenvalue weighted by molar-refractivity contribution is 7.89. The van der Waals surface area contributed by atoms with Gasteiger partial charge in [0.25, 0.3) is 15.9 Å². The molecule has 2 aromatic heterocycles. The van der Waals surface area contributed by atoms with Crippen molar-refractivity contribution in [2.75, 3.05) is 13.1 Å². The van der Waals surface area contributed by atoms with Crippen LogP contribution in [0.4, 0.5) is 0 Å². The van der Waals surface area contributed by atoms with E-state index in [2.05, 4.69) is 15.6 Å². The highest BCUT2D eigenvalue weighted by Gasteiger charge is 2.62. The third-order valence-electron chi connectivity index (χ3n) is 8.54. The number of Topliss-reactive ketones (excluding diaryl/α,β-unsaturated/α-hetero) is 1. The number of nitrogens with one attached hydrogen (secondary N) is 2. The summed E-state index contributed by atoms with van der Waals surface area (Å²) < 4.78 is 33.5. The number of pyridine rings is 1. The highest BCUT2D eigenvalue weighted by atomic mass is 32.2. The molecular weight excluding hydrogens is 556 g/mol. The highest BCUT2D eigenvalue weighted by Crippen LogP contribution is 2.49. The third kappa shape index (κ3) is 5.85. The van der Waals surface area contributed by atoms with Crippen LogP contribution >= 0.6 is 0 Å². The molecule has 3 heterocycles. The Kier molecular flexibility index (Phi) is 8.26. The average molecular weight is 595 g/mol. The minimum Gasteiger partial charge on any atom is -0.451 e. The van der Waals surface area contributed by atoms with Crippen LogP contribution in [-0.2, 0) is 19.6 Å². The number of carbonyl (C=O) groups is 3. The molecule has 1 saturated heterocycles. The van der Waals surface area contributed by atoms with Gasteiger partial charge in [-0.05, 0) is 62.1 Å². The molecule has 2 amide bonds. The zero-order chi connectivity index (χ0) is 30.2. The Labute approximate surface area is 246 Å². The van der Waals surface area contributed by atoms with E-state index in [9.17, 15) is 22.8 Å². The van der Waals surface area contributed by atoms with Crippen LogP contribution in [-0.4, -0.2) is 60.0 Å². The first kappa shape index (κ1) is 29.9. The number of para-hydroxylation sites is 1. The summed E-state index contributed by atoms with van der Waals surface area (Å²) in [5, 5.41) is 6.78. The van der Waals surface area contributed by atoms with E-state index in [4.69, 9.17) is 4.42 Å². The van der Waals surface area contributed by atoms with E-state index >= 15 is 0 Å². The number of hydrogen-bond acceptors (Lipinski definition) is 7. The predicted molar refractivity (Wildman–Crippen MR) is 157 cm³/mol. The second kappa shape index (κ2) is 11.6. The average Bonchev–Trinajstić information content (AvgIpc) is 3.58. The summed E-state index contributed by atoms with van der Waals surface area (Å²) in [5.74, 6) is -0.874. The van der Waals surface area contributed by atoms with Crippen molar-refractivity contribution in [1.29, 1.82) is 0 Å². The van der Waals surface area contributed by atoms with E-state index in [1.165, 1.54) is 16.6 Å². The van der Waals surface area contributed by atoms with Gasteiger partial charge in [0.2, 0.25) is 5.91 Å². The summed E-state index contributed by atoms with van der Waals surface area (Å²) in [6, 6.07) is 11.6. The summed E-state index contributed by atoms with van der Waals surface area (Å²) in [5.41, 5.74) is 0.201. The van der Waals surface area contributed by atoms with E-state index < -0.39 is 27.5 Å². The normalized spacial score (nSPS) is 25.5. The second-order valence-electron chi connectivity index (χ2n) is 12.1. The number of ketones is 1. The van der Waals surface area contributed by atoms with Crippen LogP contribution in [0, 0.1) is 24.7 Å². The molecule has 2 fully saturated rings. The molecule has 4 atom stereocenters. The molecule has 224 valence electrons. The number of aryl methyl sites for hydroxylation is 1. The van der Waals surface area contributed by atoms with Gasteiger partial charge in [0.05, 0.1) is 6.54 Å². The van der Waals surface area contributed by atoms with Crippen molar-refractivity contribution in [3.05, 3.63) is 60.0 Å². The van der Waals surface area contributed by atoms with E-state index in [0.717, 1.165) is 5.39 Å². The van der Waals surface area contributed by atoms with Gasteiger partial charge in [-0.25, -0.2) is 13.4 Å². The Hall–Kier alpha value is -3.57. The maximum Gasteiger partial charge on any atom is 0.288 e. The van der Waals surface area contributed by atoms with Crippen LogP contribution in [0.15, 0.2) is 58.1 Å². The smallest absolute Gasteiger partial charge is 0.288 e. The summed E-state index contributed by atoms with van der Waals surface area (Å²) in [6.07, 6.45) is 3.00. The Balaban J connectivity index is 1.32. The minimum absolute atomic E-state index is 0.00818. The van der Waals surface area contributed by atoms with Crippen molar-refractivity contribution in [2.45, 2.75) is 70.0 Å². The molecule has 1 saturated carbocycles. The van der Waals surface area contributed by atoms with Crippen molar-refractivity contribution in [2.24, 2.45) is 17.8 Å². The first-order valence-electron chi connectivity index (χ1n) is 14.5. The lowest BCUT2D eigenvalue weighted by Crippen LogP contribution is -2.53. The third-order valence-corrected chi connectivity index (χ3v) is 10.3. The number of sulfonamides is 1. The standard InChI is InChI=1S/C31H38N4O6S/c1-19(2)25-16-31(25,34-29(37)28-21(4)24-9-5-6-10-26(24)41-28)30(38)33-22-13-12-20(3)17-35(18-23(36)15-22)42(39,40)27-11-7-8-14-32-27/h5-11,14,19-20,22,25H,12-13,15-18H2,1-4H3,(H,33,38)(H,34,37)/t20-,22?,25?,31?/m1/s1. The second-order valence-corrected chi connectivity index (χ2v) is 14.0. The van der Waals surface area contributed by atoms with Gasteiger partial charge in [0, 0.05) is 36.2 Å². The van der Waals surface area contributed by atoms with Gasteiger partial charge in [-0.2, -0.15) is 4.31 Å². The number of aromatic nitrogens is 1. The summed E-state index contributed by atoms with van der Waals surface area (Å²) >= 11 is 0. The Morgan fingerprint density at radius 3 is 2.52 bits per heavy atom. The molecule has 11 heteroatoms. The maximum absolute atomic E-state index is 13.8. The van der Waals surface area contributed by atoms with Crippen LogP contribution < -0.4 is 10.6 Å². The van der Waals surface area contributed by atoms with Crippen LogP contribution in [0.1, 0.15) is 62.6 Å². The predicted octanol–water partition coefficient (Wildman–Crippen LogP) is 3.85. The fraction of sp³-hybridized carbons (Fsp3) is 0.484. The molecule has 42 heavy (non-hydrogen) atoms. The Morgan fingerprint density at radius 1 is 1.12 bits per heavy atom. The van der Waals surface area contributed by atoms with Gasteiger partial charge in [0.15, 0.2) is 10.8 Å². The first-order valence-corrected chi connectivity index (χ1v) is 15.9. The van der Waals surface area contributed by atoms with Crippen LogP contribution in [0.2, 0.25) is 0 Å². The largest absolute Gasteiger partial charge is 0.451 e. The van der Waals surface area contributed by atoms with Crippen LogP contribution in [0.3, 0.4) is 0 Å². The van der Waals surface area contributed by atoms with Crippen molar-refractivity contribution < 1.29 is 27.2 Å². The molecule has 1 aliphatic carbocycles. The molecule has 3 aromatic rings. The van der Waals surface area contributed by atoms with Gasteiger partial charge in [-0.1, -0.05) is 45.0 Å². The topological polar surface area (TPSA) is 139 Å². The summed E-state index contributed by atoms with van der Waals surface area (Å²) in [6.45, 7) is 7.67. The molecule has 0 radical (unpaired) electrons. The molecule has 1 aliphatic heterocycles. The molecule has 0 bridgehead atoms. The van der Waals surface area contributed by atoms with Gasteiger partial charge in [0.1, 0.15) is 16.9 Å². The molecule has 3 unspecified atom stereocenters. The number of benzene rings is 1. The zero-order valence-corrected chi connectivity index (χ0v) is 25.2. The van der Waals surface area contributed by atoms with Crippen molar-refractivity contribution in [3.63, 3.8) is 0 Å². The number of nitrogens with zero attached hydrogens (tertiary/aromatic N) is 2. The molecular formula is C31H38N4O6S. The van der Waals surface area contributed by atoms with Gasteiger partial charge in [-0.3, -0.25) is 14.4 Å². The monoisotopic (exact) mass is 594 g/mol. The lowest BCUT2D eigenvalue weighted by Gasteiger charge is -2.25. The SMILES string of the molecule is Cc1c(C(=O)NC2(C(=O)NC3CC[C@@H](C)CN(S(=O)(=O)c4ccccn4)CC(=O)C3)CC2C(C)C)oc2ccccc12. The Morgan fingerprint density at radius 2 is 1.86 bits per heavy atom. The fourth-order valence-corrected chi connectivity index (χ4v) is 7.56. The van der Waals surface area contributed by atoms with Crippen molar-refractivity contribution in [3.8, 4) is 0 Å². The van der Waals surface area contributed by atoms with Gasteiger partial charge >= 0.3 is 0 Å². The van der Waals surface area contributed by atoms with Crippen LogP contribution in [0.5, 0.6) is 0 Å². The van der Waals surface area contributed by atoms with Crippen molar-refractivity contribution >= 4 is 38.6 Å². The number of rotatable bonds is 7. The van der Waals surface area contributed by atoms with E-state index in [1.54, 1.807) is 18.2 Å². The fourth-order valence-electron chi connectivity index (χ4n) is 6.08. The van der Waals surface area contributed by atoms with Crippen molar-refractivity contribution in [1.82, 2.24) is 19.9 Å². The number of amides is 2. The summed E-state index contributed by atoms with van der Waals surface area (Å²) in [7, 11) is -3.95. The molecule has 5 rings (SSSR count). The van der Waals surface area contributed by atoms with E-state index in [-0.39, 0.29) is 59.7 Å². The first-order chi connectivity index (χ1) is 19.9. The molecule has 10 nitrogen and oxygen atoms in total. The van der Waals surface area contributed by atoms with E-state index in [0.29, 0.717) is 30.4 Å². The van der Waals surface area contributed by atoms with Gasteiger partial charge < -0.3 is 15.1 Å². The van der Waals surface area contributed by atoms with E-state index in [1.807, 2.05) is 45.9 Å².